The zero-order chi connectivity index (χ0) is 39.3. The molecule has 10 rings (SSSR count). The van der Waals surface area contributed by atoms with Crippen LogP contribution in [0.1, 0.15) is 24.5 Å². The number of para-hydroxylation sites is 2. The SMILES string of the molecule is CCCNc1cccc(N(c2cccc(N)c2)c2cccc(-c3cc4c5cc(C)ccc5n(-c5ccccc5)c4c4c3c3cc(C)ccc3n4-c3ccccc3)c2)c1. The van der Waals surface area contributed by atoms with Gasteiger partial charge in [-0.1, -0.05) is 90.8 Å². The zero-order valence-electron chi connectivity index (χ0n) is 33.1. The first-order chi connectivity index (χ1) is 28.5. The Morgan fingerprint density at radius 3 is 1.78 bits per heavy atom. The van der Waals surface area contributed by atoms with E-state index in [0.29, 0.717) is 0 Å². The maximum Gasteiger partial charge on any atom is 0.0795 e. The second-order valence-corrected chi connectivity index (χ2v) is 15.4. The van der Waals surface area contributed by atoms with E-state index in [9.17, 15) is 0 Å². The highest BCUT2D eigenvalue weighted by molar-refractivity contribution is 6.28. The monoisotopic (exact) mass is 751 g/mol. The molecule has 5 nitrogen and oxygen atoms in total. The number of nitrogens with zero attached hydrogens (tertiary/aromatic N) is 3. The highest BCUT2D eigenvalue weighted by Crippen LogP contribution is 2.47. The summed E-state index contributed by atoms with van der Waals surface area (Å²) in [5.74, 6) is 0. The Balaban J connectivity index is 1.33. The molecule has 0 aliphatic rings. The number of aryl methyl sites for hydroxylation is 2. The van der Waals surface area contributed by atoms with Crippen LogP contribution in [0.4, 0.5) is 28.4 Å². The van der Waals surface area contributed by atoms with Crippen molar-refractivity contribution in [3.63, 3.8) is 0 Å². The van der Waals surface area contributed by atoms with Crippen molar-refractivity contribution in [3.05, 3.63) is 187 Å². The van der Waals surface area contributed by atoms with Crippen molar-refractivity contribution < 1.29 is 0 Å². The summed E-state index contributed by atoms with van der Waals surface area (Å²) in [6.45, 7) is 7.48. The molecule has 0 fully saturated rings. The summed E-state index contributed by atoms with van der Waals surface area (Å²) in [5.41, 5.74) is 23.2. The maximum atomic E-state index is 6.46. The molecule has 282 valence electrons. The molecule has 2 heterocycles. The Kier molecular flexibility index (Phi) is 8.71. The van der Waals surface area contributed by atoms with E-state index in [2.05, 4.69) is 204 Å². The number of rotatable bonds is 9. The highest BCUT2D eigenvalue weighted by atomic mass is 15.1. The lowest BCUT2D eigenvalue weighted by Gasteiger charge is -2.27. The number of nitrogens with one attached hydrogen (secondary N) is 1. The van der Waals surface area contributed by atoms with Crippen molar-refractivity contribution in [1.29, 1.82) is 0 Å². The summed E-state index contributed by atoms with van der Waals surface area (Å²) in [7, 11) is 0. The van der Waals surface area contributed by atoms with Gasteiger partial charge in [0, 0.05) is 67.9 Å². The smallest absolute Gasteiger partial charge is 0.0795 e. The second-order valence-electron chi connectivity index (χ2n) is 15.4. The first kappa shape index (κ1) is 35.2. The van der Waals surface area contributed by atoms with Crippen molar-refractivity contribution in [2.75, 3.05) is 22.5 Å². The van der Waals surface area contributed by atoms with Gasteiger partial charge in [-0.15, -0.1) is 0 Å². The van der Waals surface area contributed by atoms with Crippen LogP contribution in [0.15, 0.2) is 176 Å². The van der Waals surface area contributed by atoms with Gasteiger partial charge in [-0.05, 0) is 135 Å². The fraction of sp³-hybridized carbons (Fsp3) is 0.0943. The minimum absolute atomic E-state index is 0.722. The van der Waals surface area contributed by atoms with Crippen molar-refractivity contribution in [2.24, 2.45) is 0 Å². The lowest BCUT2D eigenvalue weighted by Crippen LogP contribution is -2.11. The van der Waals surface area contributed by atoms with Crippen molar-refractivity contribution in [2.45, 2.75) is 27.2 Å². The predicted molar refractivity (Wildman–Crippen MR) is 248 cm³/mol. The Hall–Kier alpha value is -7.24. The Morgan fingerprint density at radius 2 is 1.10 bits per heavy atom. The summed E-state index contributed by atoms with van der Waals surface area (Å²) in [5, 5.41) is 8.50. The lowest BCUT2D eigenvalue weighted by molar-refractivity contribution is 0.979. The zero-order valence-corrected chi connectivity index (χ0v) is 33.1. The highest BCUT2D eigenvalue weighted by Gasteiger charge is 2.25. The van der Waals surface area contributed by atoms with Gasteiger partial charge in [-0.2, -0.15) is 0 Å². The number of nitrogen functional groups attached to an aromatic ring is 1. The molecule has 58 heavy (non-hydrogen) atoms. The van der Waals surface area contributed by atoms with Gasteiger partial charge in [0.2, 0.25) is 0 Å². The molecule has 3 N–H and O–H groups in total. The molecule has 5 heteroatoms. The summed E-state index contributed by atoms with van der Waals surface area (Å²) in [6, 6.07) is 63.7. The molecule has 2 aromatic heterocycles. The normalized spacial score (nSPS) is 11.6. The van der Waals surface area contributed by atoms with E-state index < -0.39 is 0 Å². The van der Waals surface area contributed by atoms with Gasteiger partial charge in [-0.25, -0.2) is 0 Å². The Bertz CT molecular complexity index is 3140. The molecule has 0 aliphatic heterocycles. The molecular formula is C53H45N5. The first-order valence-corrected chi connectivity index (χ1v) is 20.2. The number of anilines is 5. The molecule has 0 saturated carbocycles. The van der Waals surface area contributed by atoms with Crippen LogP contribution in [0.2, 0.25) is 0 Å². The number of aromatic nitrogens is 2. The molecule has 0 saturated heterocycles. The topological polar surface area (TPSA) is 51.1 Å². The average Bonchev–Trinajstić information content (AvgIpc) is 3.76. The number of hydrogen-bond donors (Lipinski definition) is 2. The van der Waals surface area contributed by atoms with Gasteiger partial charge in [0.1, 0.15) is 0 Å². The molecule has 0 amide bonds. The standard InChI is InChI=1S/C53H45N5/c1-4-28-55-39-16-13-23-44(33-39)56(43-22-12-15-38(54)32-43)42-21-11-14-37(31-42)45-34-47-46-29-35(2)24-26-49(46)57(40-17-7-5-8-18-40)52(47)53-51(45)48-30-36(3)25-27-50(48)58(53)41-19-9-6-10-20-41/h5-27,29-34,55H,4,28,54H2,1-3H3. The number of hydrogen-bond acceptors (Lipinski definition) is 3. The predicted octanol–water partition coefficient (Wildman–Crippen LogP) is 14.0. The molecule has 0 radical (unpaired) electrons. The summed E-state index contributed by atoms with van der Waals surface area (Å²) >= 11 is 0. The van der Waals surface area contributed by atoms with Crippen LogP contribution in [-0.4, -0.2) is 15.7 Å². The average molecular weight is 752 g/mol. The summed E-state index contributed by atoms with van der Waals surface area (Å²) in [6.07, 6.45) is 1.05. The van der Waals surface area contributed by atoms with E-state index in [-0.39, 0.29) is 0 Å². The molecular weight excluding hydrogens is 707 g/mol. The van der Waals surface area contributed by atoms with E-state index in [0.717, 1.165) is 58.3 Å². The quantitative estimate of drug-likeness (QED) is 0.144. The Morgan fingerprint density at radius 1 is 0.517 bits per heavy atom. The van der Waals surface area contributed by atoms with Crippen molar-refractivity contribution in [1.82, 2.24) is 9.13 Å². The largest absolute Gasteiger partial charge is 0.399 e. The third kappa shape index (κ3) is 5.95. The van der Waals surface area contributed by atoms with Crippen LogP contribution in [0.25, 0.3) is 66.1 Å². The van der Waals surface area contributed by atoms with Gasteiger partial charge in [0.25, 0.3) is 0 Å². The van der Waals surface area contributed by atoms with E-state index in [1.165, 1.54) is 60.3 Å². The molecule has 0 spiro atoms. The minimum Gasteiger partial charge on any atom is -0.399 e. The summed E-state index contributed by atoms with van der Waals surface area (Å²) < 4.78 is 4.96. The van der Waals surface area contributed by atoms with Crippen LogP contribution in [0.3, 0.4) is 0 Å². The van der Waals surface area contributed by atoms with Crippen LogP contribution in [-0.2, 0) is 0 Å². The van der Waals surface area contributed by atoms with E-state index >= 15 is 0 Å². The maximum absolute atomic E-state index is 6.46. The van der Waals surface area contributed by atoms with Crippen molar-refractivity contribution in [3.8, 4) is 22.5 Å². The third-order valence-electron chi connectivity index (χ3n) is 11.3. The van der Waals surface area contributed by atoms with Crippen LogP contribution in [0.5, 0.6) is 0 Å². The molecule has 10 aromatic rings. The molecule has 0 aliphatic carbocycles. The summed E-state index contributed by atoms with van der Waals surface area (Å²) in [4.78, 5) is 2.31. The fourth-order valence-corrected chi connectivity index (χ4v) is 8.79. The van der Waals surface area contributed by atoms with Crippen LogP contribution in [0, 0.1) is 13.8 Å². The van der Waals surface area contributed by atoms with E-state index in [1.54, 1.807) is 0 Å². The second kappa shape index (κ2) is 14.4. The first-order valence-electron chi connectivity index (χ1n) is 20.2. The van der Waals surface area contributed by atoms with Crippen LogP contribution < -0.4 is 16.0 Å². The minimum atomic E-state index is 0.722. The van der Waals surface area contributed by atoms with Gasteiger partial charge in [0.15, 0.2) is 0 Å². The fourth-order valence-electron chi connectivity index (χ4n) is 8.79. The molecule has 0 unspecified atom stereocenters. The number of benzene rings is 8. The van der Waals surface area contributed by atoms with Gasteiger partial charge in [0.05, 0.1) is 22.1 Å². The van der Waals surface area contributed by atoms with Gasteiger partial charge < -0.3 is 25.1 Å². The molecule has 8 aromatic carbocycles. The van der Waals surface area contributed by atoms with Crippen molar-refractivity contribution >= 4 is 72.0 Å². The Labute approximate surface area is 339 Å². The molecule has 0 atom stereocenters. The van der Waals surface area contributed by atoms with Crippen LogP contribution >= 0.6 is 0 Å². The van der Waals surface area contributed by atoms with Gasteiger partial charge >= 0.3 is 0 Å². The number of nitrogens with two attached hydrogens (primary N) is 1. The van der Waals surface area contributed by atoms with E-state index in [4.69, 9.17) is 5.73 Å². The number of fused-ring (bicyclic) bond motifs is 7. The molecule has 0 bridgehead atoms. The lowest BCUT2D eigenvalue weighted by atomic mass is 9.95. The van der Waals surface area contributed by atoms with E-state index in [1.807, 2.05) is 12.1 Å². The van der Waals surface area contributed by atoms with Gasteiger partial charge in [-0.3, -0.25) is 0 Å². The third-order valence-corrected chi connectivity index (χ3v) is 11.3.